The molecule has 0 saturated carbocycles. The third-order valence-electron chi connectivity index (χ3n) is 3.26. The normalized spacial score (nSPS) is 19.2. The van der Waals surface area contributed by atoms with E-state index in [9.17, 15) is 4.79 Å². The third kappa shape index (κ3) is 2.67. The van der Waals surface area contributed by atoms with Gasteiger partial charge in [-0.2, -0.15) is 5.10 Å². The van der Waals surface area contributed by atoms with Gasteiger partial charge in [0.15, 0.2) is 0 Å². The van der Waals surface area contributed by atoms with Crippen molar-refractivity contribution < 1.29 is 9.53 Å². The summed E-state index contributed by atoms with van der Waals surface area (Å²) >= 11 is 0. The van der Waals surface area contributed by atoms with Crippen molar-refractivity contribution in [3.63, 3.8) is 0 Å². The molecule has 6 nitrogen and oxygen atoms in total. The number of aromatic nitrogens is 2. The smallest absolute Gasteiger partial charge is 0.410 e. The average Bonchev–Trinajstić information content (AvgIpc) is 2.68. The first-order chi connectivity index (χ1) is 8.83. The van der Waals surface area contributed by atoms with Crippen LogP contribution in [0, 0.1) is 0 Å². The van der Waals surface area contributed by atoms with E-state index in [1.807, 2.05) is 27.7 Å². The van der Waals surface area contributed by atoms with Crippen LogP contribution in [0.3, 0.4) is 0 Å². The second-order valence-electron chi connectivity index (χ2n) is 5.85. The number of nitrogens with two attached hydrogens (primary N) is 1. The first-order valence-electron chi connectivity index (χ1n) is 6.65. The van der Waals surface area contributed by atoms with Gasteiger partial charge in [-0.25, -0.2) is 4.79 Å². The van der Waals surface area contributed by atoms with Crippen LogP contribution in [0.5, 0.6) is 0 Å². The first kappa shape index (κ1) is 13.7. The highest BCUT2D eigenvalue weighted by atomic mass is 16.6. The largest absolute Gasteiger partial charge is 0.444 e. The van der Waals surface area contributed by atoms with Crippen LogP contribution in [-0.2, 0) is 11.2 Å². The van der Waals surface area contributed by atoms with E-state index in [-0.39, 0.29) is 12.1 Å². The van der Waals surface area contributed by atoms with Crippen molar-refractivity contribution in [1.82, 2.24) is 15.1 Å². The second kappa shape index (κ2) is 4.75. The highest BCUT2D eigenvalue weighted by Crippen LogP contribution is 2.33. The average molecular weight is 266 g/mol. The van der Waals surface area contributed by atoms with E-state index in [2.05, 4.69) is 10.2 Å². The van der Waals surface area contributed by atoms with Gasteiger partial charge < -0.3 is 10.5 Å². The number of nitrogens with zero attached hydrogens (tertiary/aromatic N) is 2. The van der Waals surface area contributed by atoms with Crippen molar-refractivity contribution in [2.75, 3.05) is 12.3 Å². The van der Waals surface area contributed by atoms with Gasteiger partial charge in [0.05, 0.1) is 11.7 Å². The predicted octanol–water partition coefficient (Wildman–Crippen LogP) is 2.24. The van der Waals surface area contributed by atoms with E-state index < -0.39 is 5.60 Å². The quantitative estimate of drug-likeness (QED) is 0.816. The maximum atomic E-state index is 12.2. The summed E-state index contributed by atoms with van der Waals surface area (Å²) in [5, 5.41) is 6.99. The Morgan fingerprint density at radius 3 is 2.84 bits per heavy atom. The van der Waals surface area contributed by atoms with E-state index in [1.165, 1.54) is 0 Å². The molecule has 2 rings (SSSR count). The molecule has 0 radical (unpaired) electrons. The maximum Gasteiger partial charge on any atom is 0.410 e. The van der Waals surface area contributed by atoms with Crippen molar-refractivity contribution in [1.29, 1.82) is 0 Å². The van der Waals surface area contributed by atoms with E-state index in [4.69, 9.17) is 10.5 Å². The fourth-order valence-electron chi connectivity index (χ4n) is 2.44. The molecule has 3 N–H and O–H groups in total. The van der Waals surface area contributed by atoms with E-state index in [0.717, 1.165) is 17.7 Å². The summed E-state index contributed by atoms with van der Waals surface area (Å²) in [6.07, 6.45) is 1.24. The molecule has 19 heavy (non-hydrogen) atoms. The second-order valence-corrected chi connectivity index (χ2v) is 5.85. The number of amides is 1. The molecular weight excluding hydrogens is 244 g/mol. The fourth-order valence-corrected chi connectivity index (χ4v) is 2.44. The Morgan fingerprint density at radius 2 is 2.26 bits per heavy atom. The molecule has 1 aromatic rings. The molecule has 6 heteroatoms. The van der Waals surface area contributed by atoms with Crippen molar-refractivity contribution in [3.8, 4) is 0 Å². The highest BCUT2D eigenvalue weighted by Gasteiger charge is 2.34. The first-order valence-corrected chi connectivity index (χ1v) is 6.65. The summed E-state index contributed by atoms with van der Waals surface area (Å²) < 4.78 is 5.45. The summed E-state index contributed by atoms with van der Waals surface area (Å²) in [7, 11) is 0. The van der Waals surface area contributed by atoms with Gasteiger partial charge in [-0.1, -0.05) is 6.92 Å². The van der Waals surface area contributed by atoms with Crippen LogP contribution in [0.4, 0.5) is 10.6 Å². The van der Waals surface area contributed by atoms with Crippen molar-refractivity contribution >= 4 is 11.9 Å². The van der Waals surface area contributed by atoms with Gasteiger partial charge in [-0.05, 0) is 33.6 Å². The van der Waals surface area contributed by atoms with Gasteiger partial charge in [-0.15, -0.1) is 0 Å². The zero-order valence-corrected chi connectivity index (χ0v) is 12.0. The van der Waals surface area contributed by atoms with Gasteiger partial charge >= 0.3 is 6.09 Å². The van der Waals surface area contributed by atoms with E-state index in [0.29, 0.717) is 18.8 Å². The monoisotopic (exact) mass is 266 g/mol. The lowest BCUT2D eigenvalue weighted by Crippen LogP contribution is -2.42. The number of fused-ring (bicyclic) bond motifs is 1. The number of nitrogen functional groups attached to an aromatic ring is 1. The number of rotatable bonds is 1. The van der Waals surface area contributed by atoms with Crippen LogP contribution < -0.4 is 5.73 Å². The minimum absolute atomic E-state index is 0.0385. The molecule has 1 unspecified atom stereocenters. The zero-order chi connectivity index (χ0) is 14.2. The summed E-state index contributed by atoms with van der Waals surface area (Å²) in [5.41, 5.74) is 7.32. The van der Waals surface area contributed by atoms with Crippen molar-refractivity contribution in [3.05, 3.63) is 11.3 Å². The molecule has 2 heterocycles. The predicted molar refractivity (Wildman–Crippen MR) is 72.7 cm³/mol. The van der Waals surface area contributed by atoms with Crippen LogP contribution in [0.1, 0.15) is 51.4 Å². The number of aromatic amines is 1. The summed E-state index contributed by atoms with van der Waals surface area (Å²) in [6, 6.07) is -0.0385. The standard InChI is InChI=1S/C13H22N4O2/c1-5-9-10-8(11(14)16-15-10)6-7-17(9)12(18)19-13(2,3)4/h9H,5-7H2,1-4H3,(H3,14,15,16). The number of carbonyl (C=O) groups excluding carboxylic acids is 1. The summed E-state index contributed by atoms with van der Waals surface area (Å²) in [5.74, 6) is 0.539. The lowest BCUT2D eigenvalue weighted by atomic mass is 9.98. The number of hydrogen-bond donors (Lipinski definition) is 2. The van der Waals surface area contributed by atoms with Gasteiger partial charge in [-0.3, -0.25) is 10.00 Å². The van der Waals surface area contributed by atoms with Crippen molar-refractivity contribution in [2.45, 2.75) is 52.2 Å². The molecule has 0 aliphatic carbocycles. The Hall–Kier alpha value is -1.72. The van der Waals surface area contributed by atoms with Gasteiger partial charge in [0.25, 0.3) is 0 Å². The van der Waals surface area contributed by atoms with Crippen LogP contribution in [0.2, 0.25) is 0 Å². The zero-order valence-electron chi connectivity index (χ0n) is 12.0. The number of carbonyl (C=O) groups is 1. The topological polar surface area (TPSA) is 84.2 Å². The number of hydrogen-bond acceptors (Lipinski definition) is 4. The lowest BCUT2D eigenvalue weighted by Gasteiger charge is -2.35. The summed E-state index contributed by atoms with van der Waals surface area (Å²) in [4.78, 5) is 14.0. The van der Waals surface area contributed by atoms with E-state index >= 15 is 0 Å². The van der Waals surface area contributed by atoms with Crippen LogP contribution in [0.15, 0.2) is 0 Å². The molecule has 0 bridgehead atoms. The highest BCUT2D eigenvalue weighted by molar-refractivity contribution is 5.69. The molecular formula is C13H22N4O2. The van der Waals surface area contributed by atoms with Gasteiger partial charge in [0, 0.05) is 12.1 Å². The summed E-state index contributed by atoms with van der Waals surface area (Å²) in [6.45, 7) is 8.26. The fraction of sp³-hybridized carbons (Fsp3) is 0.692. The van der Waals surface area contributed by atoms with Crippen LogP contribution in [-0.4, -0.2) is 33.3 Å². The van der Waals surface area contributed by atoms with Crippen LogP contribution >= 0.6 is 0 Å². The number of ether oxygens (including phenoxy) is 1. The number of anilines is 1. The molecule has 1 aromatic heterocycles. The van der Waals surface area contributed by atoms with Gasteiger partial charge in [0.1, 0.15) is 11.4 Å². The lowest BCUT2D eigenvalue weighted by molar-refractivity contribution is 0.0133. The third-order valence-corrected chi connectivity index (χ3v) is 3.26. The molecule has 1 aliphatic heterocycles. The Balaban J connectivity index is 2.22. The number of nitrogens with one attached hydrogen (secondary N) is 1. The van der Waals surface area contributed by atoms with Gasteiger partial charge in [0.2, 0.25) is 0 Å². The van der Waals surface area contributed by atoms with Crippen LogP contribution in [0.25, 0.3) is 0 Å². The molecule has 1 amide bonds. The molecule has 1 aliphatic rings. The molecule has 0 fully saturated rings. The Morgan fingerprint density at radius 1 is 1.58 bits per heavy atom. The molecule has 0 spiro atoms. The van der Waals surface area contributed by atoms with Crippen molar-refractivity contribution in [2.24, 2.45) is 0 Å². The SMILES string of the molecule is CCC1c2[nH]nc(N)c2CCN1C(=O)OC(C)(C)C. The Labute approximate surface area is 113 Å². The molecule has 106 valence electrons. The molecule has 0 aromatic carbocycles. The molecule has 0 saturated heterocycles. The van der Waals surface area contributed by atoms with E-state index in [1.54, 1.807) is 4.90 Å². The Kier molecular flexibility index (Phi) is 3.43. The minimum Gasteiger partial charge on any atom is -0.444 e. The minimum atomic E-state index is -0.483. The number of H-pyrrole nitrogens is 1. The molecule has 1 atom stereocenters. The maximum absolute atomic E-state index is 12.2. The Bertz CT molecular complexity index is 475.